The number of nitrogens with two attached hydrogens (primary N) is 1. The molecule has 1 aromatic carbocycles. The maximum absolute atomic E-state index is 11.5. The highest BCUT2D eigenvalue weighted by Gasteiger charge is 2.15. The standard InChI is InChI=1S/C15H15N7O2/c1-8-6-22(7-23)11-5-9(3-4-10(8)11)18-14-12(13(16)24)20-21-15(17-2)19-14/h3-7H,1-2H3,(H2,16,24)(H2,17,18,19,21). The number of nitrogens with one attached hydrogen (secondary N) is 2. The number of primary amides is 1. The molecule has 3 rings (SSSR count). The van der Waals surface area contributed by atoms with Crippen LogP contribution in [-0.2, 0) is 4.79 Å². The number of hydrogen-bond donors (Lipinski definition) is 3. The largest absolute Gasteiger partial charge is 0.364 e. The maximum Gasteiger partial charge on any atom is 0.273 e. The molecule has 24 heavy (non-hydrogen) atoms. The topological polar surface area (TPSA) is 128 Å². The van der Waals surface area contributed by atoms with E-state index in [0.717, 1.165) is 22.9 Å². The fourth-order valence-electron chi connectivity index (χ4n) is 2.41. The molecule has 3 aromatic rings. The molecule has 4 N–H and O–H groups in total. The molecule has 0 radical (unpaired) electrons. The molecule has 2 heterocycles. The predicted octanol–water partition coefficient (Wildman–Crippen LogP) is 1.06. The van der Waals surface area contributed by atoms with Gasteiger partial charge in [0, 0.05) is 24.3 Å². The van der Waals surface area contributed by atoms with Crippen LogP contribution in [0.5, 0.6) is 0 Å². The number of aromatic nitrogens is 4. The van der Waals surface area contributed by atoms with E-state index in [-0.39, 0.29) is 17.5 Å². The second-order valence-corrected chi connectivity index (χ2v) is 5.13. The summed E-state index contributed by atoms with van der Waals surface area (Å²) in [5.41, 5.74) is 7.60. The Kier molecular flexibility index (Phi) is 3.82. The second kappa shape index (κ2) is 5.95. The summed E-state index contributed by atoms with van der Waals surface area (Å²) in [6, 6.07) is 5.48. The van der Waals surface area contributed by atoms with Gasteiger partial charge >= 0.3 is 0 Å². The summed E-state index contributed by atoms with van der Waals surface area (Å²) >= 11 is 0. The molecule has 0 unspecified atom stereocenters. The number of fused-ring (bicyclic) bond motifs is 1. The highest BCUT2D eigenvalue weighted by atomic mass is 16.1. The summed E-state index contributed by atoms with van der Waals surface area (Å²) in [6.07, 6.45) is 2.49. The summed E-state index contributed by atoms with van der Waals surface area (Å²) in [7, 11) is 1.64. The van der Waals surface area contributed by atoms with Gasteiger partial charge < -0.3 is 16.4 Å². The van der Waals surface area contributed by atoms with E-state index in [1.54, 1.807) is 19.3 Å². The number of carbonyl (C=O) groups excluding carboxylic acids is 2. The number of benzene rings is 1. The van der Waals surface area contributed by atoms with E-state index in [4.69, 9.17) is 5.73 Å². The van der Waals surface area contributed by atoms with Crippen molar-refractivity contribution in [3.05, 3.63) is 35.7 Å². The highest BCUT2D eigenvalue weighted by molar-refractivity contribution is 5.97. The Morgan fingerprint density at radius 2 is 2.12 bits per heavy atom. The third-order valence-electron chi connectivity index (χ3n) is 3.55. The Morgan fingerprint density at radius 1 is 1.33 bits per heavy atom. The molecule has 2 aromatic heterocycles. The highest BCUT2D eigenvalue weighted by Crippen LogP contribution is 2.26. The monoisotopic (exact) mass is 325 g/mol. The quantitative estimate of drug-likeness (QED) is 0.598. The van der Waals surface area contributed by atoms with Crippen molar-refractivity contribution < 1.29 is 9.59 Å². The lowest BCUT2D eigenvalue weighted by molar-refractivity contribution is 0.0995. The summed E-state index contributed by atoms with van der Waals surface area (Å²) < 4.78 is 1.49. The smallest absolute Gasteiger partial charge is 0.273 e. The van der Waals surface area contributed by atoms with Gasteiger partial charge in [0.1, 0.15) is 0 Å². The van der Waals surface area contributed by atoms with Gasteiger partial charge in [-0.3, -0.25) is 14.2 Å². The Hall–Kier alpha value is -3.49. The first kappa shape index (κ1) is 15.4. The van der Waals surface area contributed by atoms with E-state index < -0.39 is 5.91 Å². The number of rotatable bonds is 5. The summed E-state index contributed by atoms with van der Waals surface area (Å²) in [5, 5.41) is 14.2. The van der Waals surface area contributed by atoms with Crippen LogP contribution in [0.15, 0.2) is 24.4 Å². The Labute approximate surface area is 136 Å². The van der Waals surface area contributed by atoms with E-state index in [1.165, 1.54) is 4.57 Å². The van der Waals surface area contributed by atoms with Crippen LogP contribution in [0.1, 0.15) is 16.1 Å². The summed E-state index contributed by atoms with van der Waals surface area (Å²) in [5.74, 6) is -0.314. The number of carbonyl (C=O) groups is 2. The number of anilines is 3. The van der Waals surface area contributed by atoms with Gasteiger partial charge in [-0.25, -0.2) is 0 Å². The van der Waals surface area contributed by atoms with E-state index >= 15 is 0 Å². The van der Waals surface area contributed by atoms with Gasteiger partial charge in [-0.2, -0.15) is 4.98 Å². The maximum atomic E-state index is 11.5. The van der Waals surface area contributed by atoms with E-state index in [2.05, 4.69) is 25.8 Å². The molecule has 0 aliphatic heterocycles. The van der Waals surface area contributed by atoms with E-state index in [0.29, 0.717) is 5.69 Å². The molecule has 0 bridgehead atoms. The zero-order valence-electron chi connectivity index (χ0n) is 13.1. The van der Waals surface area contributed by atoms with E-state index in [1.807, 2.05) is 19.1 Å². The number of aryl methyl sites for hydroxylation is 1. The molecule has 0 saturated carbocycles. The number of hydrogen-bond acceptors (Lipinski definition) is 7. The van der Waals surface area contributed by atoms with Crippen molar-refractivity contribution in [2.75, 3.05) is 17.7 Å². The molecule has 0 atom stereocenters. The molecule has 0 spiro atoms. The average Bonchev–Trinajstić information content (AvgIpc) is 2.90. The Bertz CT molecular complexity index is 948. The van der Waals surface area contributed by atoms with Crippen LogP contribution in [0.3, 0.4) is 0 Å². The van der Waals surface area contributed by atoms with Crippen LogP contribution < -0.4 is 16.4 Å². The van der Waals surface area contributed by atoms with Gasteiger partial charge in [-0.1, -0.05) is 6.07 Å². The summed E-state index contributed by atoms with van der Waals surface area (Å²) in [4.78, 5) is 26.8. The van der Waals surface area contributed by atoms with Crippen molar-refractivity contribution in [2.45, 2.75) is 6.92 Å². The number of nitrogens with zero attached hydrogens (tertiary/aromatic N) is 4. The molecule has 1 amide bonds. The van der Waals surface area contributed by atoms with Crippen molar-refractivity contribution in [1.82, 2.24) is 19.7 Å². The van der Waals surface area contributed by atoms with E-state index in [9.17, 15) is 9.59 Å². The van der Waals surface area contributed by atoms with Gasteiger partial charge in [0.15, 0.2) is 11.5 Å². The fourth-order valence-corrected chi connectivity index (χ4v) is 2.41. The molecule has 9 heteroatoms. The first-order chi connectivity index (χ1) is 11.5. The van der Waals surface area contributed by atoms with Gasteiger partial charge in [0.2, 0.25) is 12.4 Å². The van der Waals surface area contributed by atoms with Crippen LogP contribution in [0, 0.1) is 6.92 Å². The third-order valence-corrected chi connectivity index (χ3v) is 3.55. The zero-order chi connectivity index (χ0) is 17.3. The minimum Gasteiger partial charge on any atom is -0.364 e. The van der Waals surface area contributed by atoms with Crippen molar-refractivity contribution in [3.63, 3.8) is 0 Å². The Morgan fingerprint density at radius 3 is 2.79 bits per heavy atom. The molecule has 0 aliphatic carbocycles. The van der Waals surface area contributed by atoms with Crippen LogP contribution in [-0.4, -0.2) is 39.1 Å². The van der Waals surface area contributed by atoms with Gasteiger partial charge in [0.25, 0.3) is 5.91 Å². The van der Waals surface area contributed by atoms with Gasteiger partial charge in [-0.15, -0.1) is 10.2 Å². The summed E-state index contributed by atoms with van der Waals surface area (Å²) in [6.45, 7) is 1.92. The molecule has 0 saturated heterocycles. The molecular weight excluding hydrogens is 310 g/mol. The SMILES string of the molecule is CNc1nnc(C(N)=O)c(Nc2ccc3c(C)cn(C=O)c3c2)n1. The molecule has 122 valence electrons. The third kappa shape index (κ3) is 2.62. The minimum absolute atomic E-state index is 0.0731. The van der Waals surface area contributed by atoms with Crippen molar-refractivity contribution >= 4 is 40.7 Å². The normalized spacial score (nSPS) is 10.6. The van der Waals surface area contributed by atoms with Crippen LogP contribution in [0.4, 0.5) is 17.5 Å². The van der Waals surface area contributed by atoms with Crippen molar-refractivity contribution in [1.29, 1.82) is 0 Å². The Balaban J connectivity index is 2.06. The first-order valence-electron chi connectivity index (χ1n) is 7.09. The minimum atomic E-state index is -0.742. The first-order valence-corrected chi connectivity index (χ1v) is 7.09. The fraction of sp³-hybridized carbons (Fsp3) is 0.133. The molecule has 0 aliphatic rings. The molecule has 9 nitrogen and oxygen atoms in total. The number of amides is 1. The van der Waals surface area contributed by atoms with Crippen LogP contribution in [0.25, 0.3) is 10.9 Å². The predicted molar refractivity (Wildman–Crippen MR) is 90.0 cm³/mol. The van der Waals surface area contributed by atoms with Crippen LogP contribution in [0.2, 0.25) is 0 Å². The lowest BCUT2D eigenvalue weighted by Gasteiger charge is -2.09. The molecular formula is C15H15N7O2. The molecule has 0 fully saturated rings. The zero-order valence-corrected chi connectivity index (χ0v) is 13.1. The van der Waals surface area contributed by atoms with Gasteiger partial charge in [0.05, 0.1) is 5.52 Å². The van der Waals surface area contributed by atoms with Crippen LogP contribution >= 0.6 is 0 Å². The average molecular weight is 325 g/mol. The van der Waals surface area contributed by atoms with Gasteiger partial charge in [-0.05, 0) is 24.6 Å². The van der Waals surface area contributed by atoms with Crippen molar-refractivity contribution in [3.8, 4) is 0 Å². The second-order valence-electron chi connectivity index (χ2n) is 5.13. The lowest BCUT2D eigenvalue weighted by Crippen LogP contribution is -2.18. The van der Waals surface area contributed by atoms with Crippen molar-refractivity contribution in [2.24, 2.45) is 5.73 Å². The lowest BCUT2D eigenvalue weighted by atomic mass is 10.2.